The molecule has 0 saturated carbocycles. The molecule has 1 unspecified atom stereocenters. The molecule has 7 nitrogen and oxygen atoms in total. The number of carbonyl (C=O) groups is 1. The minimum atomic E-state index is -0.731. The molecule has 0 aliphatic heterocycles. The molecule has 2 heterocycles. The molecule has 2 aromatic heterocycles. The number of ether oxygens (including phenoxy) is 1. The molecule has 4 rings (SSSR count). The van der Waals surface area contributed by atoms with Gasteiger partial charge in [0.1, 0.15) is 11.6 Å². The Labute approximate surface area is 200 Å². The zero-order chi connectivity index (χ0) is 24.8. The molecule has 180 valence electrons. The van der Waals surface area contributed by atoms with Gasteiger partial charge in [0.2, 0.25) is 0 Å². The van der Waals surface area contributed by atoms with E-state index in [2.05, 4.69) is 20.5 Å². The van der Waals surface area contributed by atoms with Crippen molar-refractivity contribution in [1.29, 1.82) is 0 Å². The van der Waals surface area contributed by atoms with Crippen molar-refractivity contribution in [2.75, 3.05) is 20.3 Å². The SMILES string of the molecule is COCC(c1ccccn1)[C@H](CO)NC(=O)c1cccc(F)c1-c1cc(-c2ccc(F)cc2)n[nH]1. The number of hydrogen-bond donors (Lipinski definition) is 3. The van der Waals surface area contributed by atoms with Crippen LogP contribution in [0.15, 0.2) is 72.9 Å². The van der Waals surface area contributed by atoms with Crippen molar-refractivity contribution in [1.82, 2.24) is 20.5 Å². The molecule has 35 heavy (non-hydrogen) atoms. The molecule has 0 aliphatic carbocycles. The fraction of sp³-hybridized carbons (Fsp3) is 0.192. The second-order valence-corrected chi connectivity index (χ2v) is 7.92. The van der Waals surface area contributed by atoms with Gasteiger partial charge in [0, 0.05) is 36.0 Å². The first-order valence-corrected chi connectivity index (χ1v) is 10.9. The second-order valence-electron chi connectivity index (χ2n) is 7.92. The van der Waals surface area contributed by atoms with Gasteiger partial charge in [-0.15, -0.1) is 0 Å². The van der Waals surface area contributed by atoms with Crippen LogP contribution in [0.1, 0.15) is 22.0 Å². The summed E-state index contributed by atoms with van der Waals surface area (Å²) in [4.78, 5) is 17.6. The van der Waals surface area contributed by atoms with Gasteiger partial charge in [-0.2, -0.15) is 5.10 Å². The number of halogens is 2. The van der Waals surface area contributed by atoms with E-state index in [-0.39, 0.29) is 35.9 Å². The molecule has 9 heteroatoms. The van der Waals surface area contributed by atoms with Gasteiger partial charge in [0.25, 0.3) is 5.91 Å². The van der Waals surface area contributed by atoms with Crippen molar-refractivity contribution in [2.45, 2.75) is 12.0 Å². The predicted octanol–water partition coefficient (Wildman–Crippen LogP) is 3.94. The maximum absolute atomic E-state index is 15.0. The first kappa shape index (κ1) is 24.2. The fourth-order valence-electron chi connectivity index (χ4n) is 3.91. The monoisotopic (exact) mass is 478 g/mol. The van der Waals surface area contributed by atoms with Crippen molar-refractivity contribution in [3.05, 3.63) is 95.8 Å². The van der Waals surface area contributed by atoms with Crippen LogP contribution in [0.4, 0.5) is 8.78 Å². The smallest absolute Gasteiger partial charge is 0.252 e. The second kappa shape index (κ2) is 11.0. The summed E-state index contributed by atoms with van der Waals surface area (Å²) < 4.78 is 33.5. The molecule has 2 atom stereocenters. The van der Waals surface area contributed by atoms with Gasteiger partial charge in [0.05, 0.1) is 36.2 Å². The third-order valence-electron chi connectivity index (χ3n) is 5.66. The Morgan fingerprint density at radius 3 is 2.60 bits per heavy atom. The number of hydrogen-bond acceptors (Lipinski definition) is 5. The number of carbonyl (C=O) groups excluding carboxylic acids is 1. The Bertz CT molecular complexity index is 1280. The molecule has 2 aromatic carbocycles. The number of aromatic amines is 1. The van der Waals surface area contributed by atoms with Crippen LogP contribution in [0.2, 0.25) is 0 Å². The number of amides is 1. The number of benzene rings is 2. The zero-order valence-electron chi connectivity index (χ0n) is 18.9. The van der Waals surface area contributed by atoms with Crippen LogP contribution < -0.4 is 5.32 Å². The summed E-state index contributed by atoms with van der Waals surface area (Å²) in [7, 11) is 1.52. The third-order valence-corrected chi connectivity index (χ3v) is 5.66. The van der Waals surface area contributed by atoms with Gasteiger partial charge >= 0.3 is 0 Å². The van der Waals surface area contributed by atoms with Crippen LogP contribution in [0.25, 0.3) is 22.5 Å². The molecule has 0 fully saturated rings. The molecule has 3 N–H and O–H groups in total. The molecule has 0 aliphatic rings. The zero-order valence-corrected chi connectivity index (χ0v) is 18.9. The molecular formula is C26H24F2N4O3. The lowest BCUT2D eigenvalue weighted by atomic mass is 9.95. The highest BCUT2D eigenvalue weighted by molar-refractivity contribution is 6.01. The van der Waals surface area contributed by atoms with E-state index in [0.717, 1.165) is 0 Å². The lowest BCUT2D eigenvalue weighted by Crippen LogP contribution is -2.43. The number of H-pyrrole nitrogens is 1. The van der Waals surface area contributed by atoms with Crippen molar-refractivity contribution in [2.24, 2.45) is 0 Å². The summed E-state index contributed by atoms with van der Waals surface area (Å²) in [6.45, 7) is -0.167. The highest BCUT2D eigenvalue weighted by atomic mass is 19.1. The van der Waals surface area contributed by atoms with Crippen LogP contribution in [0.3, 0.4) is 0 Å². The first-order valence-electron chi connectivity index (χ1n) is 10.9. The molecule has 0 radical (unpaired) electrons. The summed E-state index contributed by atoms with van der Waals surface area (Å²) in [5, 5.41) is 19.8. The van der Waals surface area contributed by atoms with E-state index in [1.807, 2.05) is 6.07 Å². The minimum Gasteiger partial charge on any atom is -0.394 e. The topological polar surface area (TPSA) is 100 Å². The van der Waals surface area contributed by atoms with Crippen molar-refractivity contribution in [3.8, 4) is 22.5 Å². The number of aromatic nitrogens is 3. The maximum Gasteiger partial charge on any atom is 0.252 e. The summed E-state index contributed by atoms with van der Waals surface area (Å²) in [6, 6.07) is 16.1. The Kier molecular flexibility index (Phi) is 7.59. The average Bonchev–Trinajstić information content (AvgIpc) is 3.36. The molecule has 1 amide bonds. The van der Waals surface area contributed by atoms with E-state index in [4.69, 9.17) is 4.74 Å². The van der Waals surface area contributed by atoms with Crippen molar-refractivity contribution in [3.63, 3.8) is 0 Å². The number of pyridine rings is 1. The van der Waals surface area contributed by atoms with Crippen molar-refractivity contribution < 1.29 is 23.4 Å². The normalized spacial score (nSPS) is 12.8. The molecule has 4 aromatic rings. The molecule has 0 spiro atoms. The van der Waals surface area contributed by atoms with E-state index in [0.29, 0.717) is 17.0 Å². The number of aliphatic hydroxyl groups excluding tert-OH is 1. The van der Waals surface area contributed by atoms with Gasteiger partial charge < -0.3 is 15.2 Å². The average molecular weight is 478 g/mol. The number of nitrogens with one attached hydrogen (secondary N) is 2. The number of methoxy groups -OCH3 is 1. The number of nitrogens with zero attached hydrogens (tertiary/aromatic N) is 2. The highest BCUT2D eigenvalue weighted by Gasteiger charge is 2.28. The van der Waals surface area contributed by atoms with Crippen LogP contribution in [-0.2, 0) is 4.74 Å². The number of aliphatic hydroxyl groups is 1. The van der Waals surface area contributed by atoms with E-state index in [9.17, 15) is 18.7 Å². The predicted molar refractivity (Wildman–Crippen MR) is 127 cm³/mol. The van der Waals surface area contributed by atoms with E-state index in [1.54, 1.807) is 36.5 Å². The van der Waals surface area contributed by atoms with E-state index >= 15 is 0 Å². The lowest BCUT2D eigenvalue weighted by molar-refractivity contribution is 0.0869. The van der Waals surface area contributed by atoms with Gasteiger partial charge in [-0.1, -0.05) is 12.1 Å². The largest absolute Gasteiger partial charge is 0.394 e. The highest BCUT2D eigenvalue weighted by Crippen LogP contribution is 2.29. The Morgan fingerprint density at radius 1 is 1.11 bits per heavy atom. The fourth-order valence-corrected chi connectivity index (χ4v) is 3.91. The molecule has 0 bridgehead atoms. The van der Waals surface area contributed by atoms with Crippen LogP contribution >= 0.6 is 0 Å². The maximum atomic E-state index is 15.0. The lowest BCUT2D eigenvalue weighted by Gasteiger charge is -2.26. The summed E-state index contributed by atoms with van der Waals surface area (Å²) in [5.41, 5.74) is 2.13. The van der Waals surface area contributed by atoms with Gasteiger partial charge in [-0.3, -0.25) is 14.9 Å². The van der Waals surface area contributed by atoms with Crippen LogP contribution in [0.5, 0.6) is 0 Å². The molecule has 0 saturated heterocycles. The van der Waals surface area contributed by atoms with Gasteiger partial charge in [0.15, 0.2) is 0 Å². The summed E-state index contributed by atoms with van der Waals surface area (Å²) in [6.07, 6.45) is 1.62. The Hall–Kier alpha value is -3.95. The first-order chi connectivity index (χ1) is 17.0. The summed E-state index contributed by atoms with van der Waals surface area (Å²) >= 11 is 0. The van der Waals surface area contributed by atoms with Gasteiger partial charge in [-0.25, -0.2) is 8.78 Å². The quantitative estimate of drug-likeness (QED) is 0.338. The minimum absolute atomic E-state index is 0.0312. The van der Waals surface area contributed by atoms with Crippen molar-refractivity contribution >= 4 is 5.91 Å². The van der Waals surface area contributed by atoms with E-state index in [1.165, 1.54) is 37.4 Å². The summed E-state index contributed by atoms with van der Waals surface area (Å²) in [5.74, 6) is -2.00. The van der Waals surface area contributed by atoms with Crippen LogP contribution in [-0.4, -0.2) is 52.6 Å². The molecular weight excluding hydrogens is 454 g/mol. The van der Waals surface area contributed by atoms with Crippen LogP contribution in [0, 0.1) is 11.6 Å². The standard InChI is InChI=1S/C26H24F2N4O3/c1-35-15-19(21-7-2-3-12-29-21)24(14-33)30-26(34)18-5-4-6-20(28)25(18)23-13-22(31-32-23)16-8-10-17(27)11-9-16/h2-13,19,24,33H,14-15H2,1H3,(H,30,34)(H,31,32)/t19?,24-/m0/s1. The third kappa shape index (κ3) is 5.42. The van der Waals surface area contributed by atoms with E-state index < -0.39 is 23.7 Å². The Balaban J connectivity index is 1.64. The Morgan fingerprint density at radius 2 is 1.91 bits per heavy atom. The van der Waals surface area contributed by atoms with Gasteiger partial charge in [-0.05, 0) is 54.6 Å². The number of rotatable bonds is 9.